The van der Waals surface area contributed by atoms with E-state index in [0.717, 1.165) is 10.7 Å². The van der Waals surface area contributed by atoms with Crippen molar-refractivity contribution in [2.75, 3.05) is 0 Å². The van der Waals surface area contributed by atoms with Crippen LogP contribution < -0.4 is 5.32 Å². The molecule has 1 unspecified atom stereocenters. The lowest BCUT2D eigenvalue weighted by molar-refractivity contribution is 0.525. The van der Waals surface area contributed by atoms with Gasteiger partial charge in [-0.3, -0.25) is 4.68 Å². The van der Waals surface area contributed by atoms with Crippen molar-refractivity contribution in [3.63, 3.8) is 0 Å². The molecule has 5 heteroatoms. The average molecular weight is 250 g/mol. The smallest absolute Gasteiger partial charge is 0.114 e. The van der Waals surface area contributed by atoms with Crippen LogP contribution in [0.1, 0.15) is 36.2 Å². The van der Waals surface area contributed by atoms with Crippen molar-refractivity contribution >= 4 is 11.3 Å². The Morgan fingerprint density at radius 1 is 1.41 bits per heavy atom. The van der Waals surface area contributed by atoms with Gasteiger partial charge in [0.25, 0.3) is 0 Å². The molecular weight excluding hydrogens is 232 g/mol. The Morgan fingerprint density at radius 2 is 2.18 bits per heavy atom. The minimum atomic E-state index is 0.142. The van der Waals surface area contributed by atoms with Gasteiger partial charge in [0.05, 0.1) is 11.7 Å². The van der Waals surface area contributed by atoms with Crippen molar-refractivity contribution in [1.29, 1.82) is 0 Å². The highest BCUT2D eigenvalue weighted by Gasteiger charge is 2.21. The highest BCUT2D eigenvalue weighted by Crippen LogP contribution is 2.26. The zero-order valence-electron chi connectivity index (χ0n) is 10.6. The molecule has 1 atom stereocenters. The van der Waals surface area contributed by atoms with Crippen LogP contribution >= 0.6 is 11.3 Å². The number of nitrogens with zero attached hydrogens (tertiary/aromatic N) is 3. The molecule has 0 radical (unpaired) electrons. The Balaban J connectivity index is 2.37. The molecule has 0 fully saturated rings. The van der Waals surface area contributed by atoms with Crippen LogP contribution in [0.4, 0.5) is 0 Å². The maximum atomic E-state index is 4.42. The molecule has 0 spiro atoms. The molecule has 0 aliphatic heterocycles. The zero-order chi connectivity index (χ0) is 12.4. The van der Waals surface area contributed by atoms with Crippen molar-refractivity contribution in [1.82, 2.24) is 20.1 Å². The fourth-order valence-electron chi connectivity index (χ4n) is 1.91. The molecule has 17 heavy (non-hydrogen) atoms. The summed E-state index contributed by atoms with van der Waals surface area (Å²) in [6.07, 6.45) is 3.91. The number of hydrogen-bond donors (Lipinski definition) is 1. The van der Waals surface area contributed by atoms with Gasteiger partial charge in [-0.25, -0.2) is 4.98 Å². The Hall–Kier alpha value is -1.20. The lowest BCUT2D eigenvalue weighted by Crippen LogP contribution is -2.29. The second-order valence-corrected chi connectivity index (χ2v) is 5.39. The maximum Gasteiger partial charge on any atom is 0.114 e. The summed E-state index contributed by atoms with van der Waals surface area (Å²) in [5.41, 5.74) is 2.26. The van der Waals surface area contributed by atoms with E-state index in [1.807, 2.05) is 30.2 Å². The van der Waals surface area contributed by atoms with Gasteiger partial charge in [-0.05, 0) is 20.8 Å². The number of hydrogen-bond acceptors (Lipinski definition) is 4. The van der Waals surface area contributed by atoms with E-state index in [-0.39, 0.29) is 6.04 Å². The van der Waals surface area contributed by atoms with Crippen molar-refractivity contribution in [2.24, 2.45) is 7.05 Å². The quantitative estimate of drug-likeness (QED) is 0.905. The second kappa shape index (κ2) is 4.98. The first-order chi connectivity index (χ1) is 8.08. The molecule has 0 bridgehead atoms. The predicted octanol–water partition coefficient (Wildman–Crippen LogP) is 2.27. The van der Waals surface area contributed by atoms with Crippen LogP contribution in [-0.4, -0.2) is 20.8 Å². The lowest BCUT2D eigenvalue weighted by atomic mass is 10.1. The van der Waals surface area contributed by atoms with Crippen molar-refractivity contribution in [3.05, 3.63) is 34.0 Å². The molecular formula is C12H18N4S. The van der Waals surface area contributed by atoms with E-state index >= 15 is 0 Å². The van der Waals surface area contributed by atoms with Crippen LogP contribution in [0.3, 0.4) is 0 Å². The van der Waals surface area contributed by atoms with Gasteiger partial charge >= 0.3 is 0 Å². The number of rotatable bonds is 4. The standard InChI is InChI=1S/C12H18N4S/c1-8(2)14-11(12-13-5-6-17-12)10-7-16(4)15-9(10)3/h5-8,11,14H,1-4H3. The Bertz CT molecular complexity index is 473. The molecule has 0 aliphatic carbocycles. The van der Waals surface area contributed by atoms with E-state index < -0.39 is 0 Å². The van der Waals surface area contributed by atoms with E-state index in [1.54, 1.807) is 11.3 Å². The highest BCUT2D eigenvalue weighted by atomic mass is 32.1. The van der Waals surface area contributed by atoms with Crippen molar-refractivity contribution in [2.45, 2.75) is 32.9 Å². The number of thiazole rings is 1. The summed E-state index contributed by atoms with van der Waals surface area (Å²) in [5.74, 6) is 0. The first kappa shape index (κ1) is 12.3. The van der Waals surface area contributed by atoms with Gasteiger partial charge in [0, 0.05) is 36.4 Å². The third-order valence-electron chi connectivity index (χ3n) is 2.56. The summed E-state index contributed by atoms with van der Waals surface area (Å²) in [5, 5.41) is 11.1. The average Bonchev–Trinajstić information content (AvgIpc) is 2.84. The molecule has 0 aliphatic rings. The van der Waals surface area contributed by atoms with E-state index in [0.29, 0.717) is 6.04 Å². The number of aryl methyl sites for hydroxylation is 2. The molecule has 0 saturated heterocycles. The molecule has 4 nitrogen and oxygen atoms in total. The molecule has 0 saturated carbocycles. The predicted molar refractivity (Wildman–Crippen MR) is 70.2 cm³/mol. The largest absolute Gasteiger partial charge is 0.302 e. The van der Waals surface area contributed by atoms with E-state index in [4.69, 9.17) is 0 Å². The Kier molecular flexibility index (Phi) is 3.59. The second-order valence-electron chi connectivity index (χ2n) is 4.47. The summed E-state index contributed by atoms with van der Waals surface area (Å²) in [7, 11) is 1.95. The van der Waals surface area contributed by atoms with E-state index in [2.05, 4.69) is 35.4 Å². The van der Waals surface area contributed by atoms with Crippen molar-refractivity contribution in [3.8, 4) is 0 Å². The van der Waals surface area contributed by atoms with Gasteiger partial charge in [-0.15, -0.1) is 11.3 Å². The summed E-state index contributed by atoms with van der Waals surface area (Å²) < 4.78 is 1.85. The van der Waals surface area contributed by atoms with Crippen LogP contribution in [0.5, 0.6) is 0 Å². The van der Waals surface area contributed by atoms with Crippen LogP contribution in [-0.2, 0) is 7.05 Å². The van der Waals surface area contributed by atoms with Gasteiger partial charge in [-0.1, -0.05) is 0 Å². The SMILES string of the molecule is Cc1nn(C)cc1C(NC(C)C)c1nccs1. The monoisotopic (exact) mass is 250 g/mol. The van der Waals surface area contributed by atoms with Crippen molar-refractivity contribution < 1.29 is 0 Å². The zero-order valence-corrected chi connectivity index (χ0v) is 11.5. The fourth-order valence-corrected chi connectivity index (χ4v) is 2.62. The molecule has 2 heterocycles. The fraction of sp³-hybridized carbons (Fsp3) is 0.500. The summed E-state index contributed by atoms with van der Waals surface area (Å²) in [6, 6.07) is 0.548. The molecule has 92 valence electrons. The molecule has 0 amide bonds. The minimum Gasteiger partial charge on any atom is -0.302 e. The summed E-state index contributed by atoms with van der Waals surface area (Å²) in [6.45, 7) is 6.33. The summed E-state index contributed by atoms with van der Waals surface area (Å²) in [4.78, 5) is 4.42. The first-order valence-electron chi connectivity index (χ1n) is 5.73. The van der Waals surface area contributed by atoms with Gasteiger partial charge in [0.2, 0.25) is 0 Å². The van der Waals surface area contributed by atoms with Crippen LogP contribution in [0, 0.1) is 6.92 Å². The number of nitrogens with one attached hydrogen (secondary N) is 1. The van der Waals surface area contributed by atoms with Gasteiger partial charge in [0.15, 0.2) is 0 Å². The Labute approximate surface area is 106 Å². The van der Waals surface area contributed by atoms with Crippen LogP contribution in [0.2, 0.25) is 0 Å². The van der Waals surface area contributed by atoms with E-state index in [1.165, 1.54) is 5.56 Å². The normalized spacial score (nSPS) is 13.2. The van der Waals surface area contributed by atoms with Crippen LogP contribution in [0.15, 0.2) is 17.8 Å². The Morgan fingerprint density at radius 3 is 2.65 bits per heavy atom. The molecule has 2 aromatic heterocycles. The first-order valence-corrected chi connectivity index (χ1v) is 6.61. The van der Waals surface area contributed by atoms with Gasteiger partial charge in [-0.2, -0.15) is 5.10 Å². The molecule has 2 aromatic rings. The molecule has 0 aromatic carbocycles. The van der Waals surface area contributed by atoms with Gasteiger partial charge in [0.1, 0.15) is 5.01 Å². The lowest BCUT2D eigenvalue weighted by Gasteiger charge is -2.18. The third kappa shape index (κ3) is 2.73. The number of aromatic nitrogens is 3. The van der Waals surface area contributed by atoms with Crippen LogP contribution in [0.25, 0.3) is 0 Å². The van der Waals surface area contributed by atoms with E-state index in [9.17, 15) is 0 Å². The van der Waals surface area contributed by atoms with Gasteiger partial charge < -0.3 is 5.32 Å². The maximum absolute atomic E-state index is 4.42. The molecule has 2 rings (SSSR count). The summed E-state index contributed by atoms with van der Waals surface area (Å²) >= 11 is 1.68. The third-order valence-corrected chi connectivity index (χ3v) is 3.40. The topological polar surface area (TPSA) is 42.7 Å². The molecule has 1 N–H and O–H groups in total. The minimum absolute atomic E-state index is 0.142. The highest BCUT2D eigenvalue weighted by molar-refractivity contribution is 7.09.